The largest absolute Gasteiger partial charge is 0.383 e. The average Bonchev–Trinajstić information content (AvgIpc) is 2.74. The van der Waals surface area contributed by atoms with Crippen molar-refractivity contribution in [1.82, 2.24) is 0 Å². The summed E-state index contributed by atoms with van der Waals surface area (Å²) in [4.78, 5) is 0.876. The Kier molecular flexibility index (Phi) is 2.84. The second kappa shape index (κ2) is 4.13. The lowest BCUT2D eigenvalue weighted by Gasteiger charge is -2.09. The summed E-state index contributed by atoms with van der Waals surface area (Å²) in [5.41, 5.74) is 1.29. The maximum absolute atomic E-state index is 13.0. The van der Waals surface area contributed by atoms with Crippen molar-refractivity contribution in [2.24, 2.45) is 0 Å². The molecule has 0 saturated heterocycles. The lowest BCUT2D eigenvalue weighted by Crippen LogP contribution is -1.98. The van der Waals surface area contributed by atoms with E-state index in [2.05, 4.69) is 0 Å². The fourth-order valence-electron chi connectivity index (χ4n) is 1.45. The Hall–Kier alpha value is -1.19. The van der Waals surface area contributed by atoms with Gasteiger partial charge in [-0.3, -0.25) is 0 Å². The van der Waals surface area contributed by atoms with Crippen LogP contribution in [0.1, 0.15) is 22.1 Å². The van der Waals surface area contributed by atoms with Crippen LogP contribution in [-0.2, 0) is 0 Å². The van der Waals surface area contributed by atoms with Gasteiger partial charge in [0.1, 0.15) is 11.9 Å². The standard InChI is InChI=1S/C12H11FOS/c1-8-7-9(4-5-10(8)13)12(14)11-3-2-6-15-11/h2-7,12,14H,1H3/t12-/m0/s1. The van der Waals surface area contributed by atoms with E-state index < -0.39 is 6.10 Å². The predicted molar refractivity (Wildman–Crippen MR) is 59.5 cm³/mol. The number of halogens is 1. The van der Waals surface area contributed by atoms with Crippen LogP contribution >= 0.6 is 11.3 Å². The molecule has 1 N–H and O–H groups in total. The van der Waals surface area contributed by atoms with Crippen LogP contribution in [0.2, 0.25) is 0 Å². The Balaban J connectivity index is 2.34. The molecule has 0 aliphatic rings. The van der Waals surface area contributed by atoms with Gasteiger partial charge in [-0.15, -0.1) is 11.3 Å². The van der Waals surface area contributed by atoms with Crippen molar-refractivity contribution in [2.45, 2.75) is 13.0 Å². The summed E-state index contributed by atoms with van der Waals surface area (Å²) in [6.45, 7) is 1.69. The van der Waals surface area contributed by atoms with Crippen LogP contribution in [0, 0.1) is 12.7 Å². The maximum atomic E-state index is 13.0. The van der Waals surface area contributed by atoms with Gasteiger partial charge in [-0.1, -0.05) is 18.2 Å². The third-order valence-corrected chi connectivity index (χ3v) is 3.24. The molecule has 1 aromatic heterocycles. The molecule has 0 aliphatic carbocycles. The molecule has 1 aromatic carbocycles. The highest BCUT2D eigenvalue weighted by molar-refractivity contribution is 7.10. The molecular formula is C12H11FOS. The number of thiophene rings is 1. The molecule has 0 spiro atoms. The van der Waals surface area contributed by atoms with Crippen molar-refractivity contribution >= 4 is 11.3 Å². The Morgan fingerprint density at radius 1 is 1.33 bits per heavy atom. The van der Waals surface area contributed by atoms with Crippen molar-refractivity contribution in [1.29, 1.82) is 0 Å². The van der Waals surface area contributed by atoms with Crippen LogP contribution in [0.3, 0.4) is 0 Å². The third-order valence-electron chi connectivity index (χ3n) is 2.31. The van der Waals surface area contributed by atoms with E-state index in [9.17, 15) is 9.50 Å². The Bertz CT molecular complexity index is 451. The topological polar surface area (TPSA) is 20.2 Å². The number of benzene rings is 1. The Labute approximate surface area is 91.8 Å². The van der Waals surface area contributed by atoms with E-state index in [1.165, 1.54) is 17.4 Å². The number of aliphatic hydroxyl groups is 1. The zero-order valence-electron chi connectivity index (χ0n) is 8.27. The van der Waals surface area contributed by atoms with Crippen molar-refractivity contribution < 1.29 is 9.50 Å². The molecule has 0 unspecified atom stereocenters. The highest BCUT2D eigenvalue weighted by Crippen LogP contribution is 2.26. The molecule has 2 rings (SSSR count). The summed E-state index contributed by atoms with van der Waals surface area (Å²) in [6.07, 6.45) is -0.649. The molecule has 0 fully saturated rings. The molecule has 2 aromatic rings. The van der Waals surface area contributed by atoms with Crippen molar-refractivity contribution in [2.75, 3.05) is 0 Å². The van der Waals surface area contributed by atoms with Gasteiger partial charge in [0.15, 0.2) is 0 Å². The van der Waals surface area contributed by atoms with Gasteiger partial charge in [0, 0.05) is 4.88 Å². The third kappa shape index (κ3) is 2.08. The molecule has 1 nitrogen and oxygen atoms in total. The van der Waals surface area contributed by atoms with Crippen LogP contribution in [0.15, 0.2) is 35.7 Å². The first-order valence-electron chi connectivity index (χ1n) is 4.66. The SMILES string of the molecule is Cc1cc([C@H](O)c2cccs2)ccc1F. The van der Waals surface area contributed by atoms with Gasteiger partial charge in [0.05, 0.1) is 0 Å². The predicted octanol–water partition coefficient (Wildman–Crippen LogP) is 3.28. The van der Waals surface area contributed by atoms with Crippen LogP contribution in [0.4, 0.5) is 4.39 Å². The summed E-state index contributed by atoms with van der Waals surface area (Å²) < 4.78 is 13.0. The molecule has 78 valence electrons. The van der Waals surface area contributed by atoms with Crippen molar-refractivity contribution in [3.63, 3.8) is 0 Å². The minimum absolute atomic E-state index is 0.239. The Morgan fingerprint density at radius 2 is 2.13 bits per heavy atom. The summed E-state index contributed by atoms with van der Waals surface area (Å²) >= 11 is 1.49. The van der Waals surface area contributed by atoms with Gasteiger partial charge in [-0.2, -0.15) is 0 Å². The number of rotatable bonds is 2. The number of hydrogen-bond acceptors (Lipinski definition) is 2. The molecule has 3 heteroatoms. The summed E-state index contributed by atoms with van der Waals surface area (Å²) in [6, 6.07) is 8.45. The summed E-state index contributed by atoms with van der Waals surface area (Å²) in [5.74, 6) is -0.239. The quantitative estimate of drug-likeness (QED) is 0.826. The van der Waals surface area contributed by atoms with Gasteiger partial charge in [-0.05, 0) is 35.6 Å². The van der Waals surface area contributed by atoms with E-state index >= 15 is 0 Å². The molecule has 1 heterocycles. The Morgan fingerprint density at radius 3 is 2.73 bits per heavy atom. The van der Waals surface area contributed by atoms with Crippen LogP contribution < -0.4 is 0 Å². The minimum Gasteiger partial charge on any atom is -0.383 e. The molecule has 0 bridgehead atoms. The van der Waals surface area contributed by atoms with Crippen LogP contribution in [0.25, 0.3) is 0 Å². The average molecular weight is 222 g/mol. The van der Waals surface area contributed by atoms with E-state index in [1.54, 1.807) is 19.1 Å². The van der Waals surface area contributed by atoms with Gasteiger partial charge in [0.2, 0.25) is 0 Å². The van der Waals surface area contributed by atoms with Crippen molar-refractivity contribution in [3.8, 4) is 0 Å². The minimum atomic E-state index is -0.649. The molecule has 0 aliphatic heterocycles. The zero-order valence-corrected chi connectivity index (χ0v) is 9.09. The second-order valence-electron chi connectivity index (χ2n) is 3.43. The monoisotopic (exact) mass is 222 g/mol. The molecule has 1 atom stereocenters. The van der Waals surface area contributed by atoms with E-state index in [1.807, 2.05) is 17.5 Å². The van der Waals surface area contributed by atoms with Gasteiger partial charge < -0.3 is 5.11 Å². The summed E-state index contributed by atoms with van der Waals surface area (Å²) in [7, 11) is 0. The summed E-state index contributed by atoms with van der Waals surface area (Å²) in [5, 5.41) is 11.9. The second-order valence-corrected chi connectivity index (χ2v) is 4.41. The fourth-order valence-corrected chi connectivity index (χ4v) is 2.19. The first-order chi connectivity index (χ1) is 7.18. The van der Waals surface area contributed by atoms with Gasteiger partial charge in [0.25, 0.3) is 0 Å². The van der Waals surface area contributed by atoms with E-state index in [4.69, 9.17) is 0 Å². The zero-order chi connectivity index (χ0) is 10.8. The fraction of sp³-hybridized carbons (Fsp3) is 0.167. The van der Waals surface area contributed by atoms with Crippen LogP contribution in [-0.4, -0.2) is 5.11 Å². The molecule has 0 radical (unpaired) electrons. The number of hydrogen-bond donors (Lipinski definition) is 1. The lowest BCUT2D eigenvalue weighted by atomic mass is 10.1. The van der Waals surface area contributed by atoms with Gasteiger partial charge >= 0.3 is 0 Å². The molecule has 15 heavy (non-hydrogen) atoms. The van der Waals surface area contributed by atoms with E-state index in [-0.39, 0.29) is 5.82 Å². The normalized spacial score (nSPS) is 12.7. The van der Waals surface area contributed by atoms with Crippen molar-refractivity contribution in [3.05, 3.63) is 57.5 Å². The smallest absolute Gasteiger partial charge is 0.126 e. The van der Waals surface area contributed by atoms with Crippen LogP contribution in [0.5, 0.6) is 0 Å². The van der Waals surface area contributed by atoms with E-state index in [0.29, 0.717) is 5.56 Å². The lowest BCUT2D eigenvalue weighted by molar-refractivity contribution is 0.224. The highest BCUT2D eigenvalue weighted by Gasteiger charge is 2.12. The highest BCUT2D eigenvalue weighted by atomic mass is 32.1. The molecule has 0 amide bonds. The van der Waals surface area contributed by atoms with Gasteiger partial charge in [-0.25, -0.2) is 4.39 Å². The number of aryl methyl sites for hydroxylation is 1. The maximum Gasteiger partial charge on any atom is 0.126 e. The molecule has 0 saturated carbocycles. The van der Waals surface area contributed by atoms with E-state index in [0.717, 1.165) is 10.4 Å². The number of aliphatic hydroxyl groups excluding tert-OH is 1. The molecular weight excluding hydrogens is 211 g/mol. The first kappa shape index (κ1) is 10.3. The first-order valence-corrected chi connectivity index (χ1v) is 5.54.